The van der Waals surface area contributed by atoms with Gasteiger partial charge in [0.05, 0.1) is 36.1 Å². The number of aromatic nitrogens is 2. The van der Waals surface area contributed by atoms with Crippen LogP contribution >= 0.6 is 0 Å². The van der Waals surface area contributed by atoms with Gasteiger partial charge in [-0.15, -0.1) is 0 Å². The van der Waals surface area contributed by atoms with E-state index in [2.05, 4.69) is 25.5 Å². The van der Waals surface area contributed by atoms with Crippen LogP contribution in [0.5, 0.6) is 0 Å². The molecule has 1 unspecified atom stereocenters. The molecule has 3 N–H and O–H groups in total. The monoisotopic (exact) mass is 564 g/mol. The molecule has 0 aliphatic carbocycles. The smallest absolute Gasteiger partial charge is 0.257 e. The fraction of sp³-hybridized carbons (Fsp3) is 0.303. The van der Waals surface area contributed by atoms with Gasteiger partial charge in [0.15, 0.2) is 0 Å². The first-order valence-electron chi connectivity index (χ1n) is 14.5. The van der Waals surface area contributed by atoms with Gasteiger partial charge in [-0.3, -0.25) is 14.5 Å². The molecule has 4 aromatic rings. The Kier molecular flexibility index (Phi) is 8.30. The lowest BCUT2D eigenvalue weighted by atomic mass is 9.94. The summed E-state index contributed by atoms with van der Waals surface area (Å²) in [7, 11) is 1.83. The van der Waals surface area contributed by atoms with Crippen molar-refractivity contribution in [2.24, 2.45) is 0 Å². The molecule has 1 saturated heterocycles. The lowest BCUT2D eigenvalue weighted by Gasteiger charge is -2.28. The van der Waals surface area contributed by atoms with Crippen LogP contribution in [0.25, 0.3) is 11.3 Å². The van der Waals surface area contributed by atoms with Crippen LogP contribution in [0, 0.1) is 0 Å². The fourth-order valence-corrected chi connectivity index (χ4v) is 5.69. The summed E-state index contributed by atoms with van der Waals surface area (Å²) in [6.45, 7) is 4.68. The van der Waals surface area contributed by atoms with E-state index in [9.17, 15) is 9.59 Å². The summed E-state index contributed by atoms with van der Waals surface area (Å²) < 4.78 is 5.49. The first-order chi connectivity index (χ1) is 20.6. The van der Waals surface area contributed by atoms with E-state index in [0.29, 0.717) is 24.3 Å². The van der Waals surface area contributed by atoms with Crippen molar-refractivity contribution in [2.45, 2.75) is 18.8 Å². The first-order valence-corrected chi connectivity index (χ1v) is 14.5. The number of aromatic amines is 1. The Morgan fingerprint density at radius 3 is 2.52 bits per heavy atom. The molecule has 0 radical (unpaired) electrons. The van der Waals surface area contributed by atoms with Crippen molar-refractivity contribution < 1.29 is 14.3 Å². The maximum atomic E-state index is 13.7. The van der Waals surface area contributed by atoms with Crippen LogP contribution < -0.4 is 10.6 Å². The third-order valence-electron chi connectivity index (χ3n) is 8.03. The van der Waals surface area contributed by atoms with Gasteiger partial charge in [0, 0.05) is 56.2 Å². The lowest BCUT2D eigenvalue weighted by molar-refractivity contribution is -0.117. The minimum atomic E-state index is -0.319. The molecule has 2 aromatic carbocycles. The van der Waals surface area contributed by atoms with E-state index in [1.807, 2.05) is 79.8 Å². The summed E-state index contributed by atoms with van der Waals surface area (Å²) >= 11 is 0. The molecular weight excluding hydrogens is 528 g/mol. The van der Waals surface area contributed by atoms with Crippen LogP contribution in [0.3, 0.4) is 0 Å². The highest BCUT2D eigenvalue weighted by Crippen LogP contribution is 2.38. The fourth-order valence-electron chi connectivity index (χ4n) is 5.69. The van der Waals surface area contributed by atoms with Gasteiger partial charge in [0.1, 0.15) is 5.82 Å². The molecule has 0 saturated carbocycles. The molecule has 216 valence electrons. The van der Waals surface area contributed by atoms with Gasteiger partial charge in [0.2, 0.25) is 5.91 Å². The number of hydrogen-bond acceptors (Lipinski definition) is 6. The molecule has 4 heterocycles. The van der Waals surface area contributed by atoms with Crippen LogP contribution in [0.15, 0.2) is 79.0 Å². The molecular formula is C33H36N6O3. The number of hydrogen-bond donors (Lipinski definition) is 3. The van der Waals surface area contributed by atoms with Crippen LogP contribution in [-0.4, -0.2) is 78.0 Å². The molecule has 1 atom stereocenters. The van der Waals surface area contributed by atoms with Crippen molar-refractivity contribution in [3.8, 4) is 11.3 Å². The number of ether oxygens (including phenoxy) is 1. The Labute approximate surface area is 245 Å². The summed E-state index contributed by atoms with van der Waals surface area (Å²) in [5.74, 6) is 0.0299. The van der Waals surface area contributed by atoms with Gasteiger partial charge >= 0.3 is 0 Å². The molecule has 2 aromatic heterocycles. The Morgan fingerprint density at radius 2 is 1.76 bits per heavy atom. The van der Waals surface area contributed by atoms with Gasteiger partial charge in [0.25, 0.3) is 5.91 Å². The summed E-state index contributed by atoms with van der Waals surface area (Å²) in [5.41, 5.74) is 5.76. The van der Waals surface area contributed by atoms with Gasteiger partial charge < -0.3 is 25.3 Å². The van der Waals surface area contributed by atoms with Gasteiger partial charge in [-0.05, 0) is 42.8 Å². The van der Waals surface area contributed by atoms with E-state index in [4.69, 9.17) is 4.74 Å². The molecule has 2 aliphatic heterocycles. The van der Waals surface area contributed by atoms with E-state index in [-0.39, 0.29) is 17.7 Å². The van der Waals surface area contributed by atoms with E-state index in [0.717, 1.165) is 73.2 Å². The Hall–Kier alpha value is -4.47. The van der Waals surface area contributed by atoms with Crippen LogP contribution in [0.4, 0.5) is 17.2 Å². The number of nitrogens with one attached hydrogen (secondary N) is 3. The van der Waals surface area contributed by atoms with Crippen LogP contribution in [0.1, 0.15) is 34.0 Å². The minimum Gasteiger partial charge on any atom is -0.379 e. The van der Waals surface area contributed by atoms with Gasteiger partial charge in [-0.2, -0.15) is 0 Å². The molecule has 6 rings (SSSR count). The topological polar surface area (TPSA) is 103 Å². The van der Waals surface area contributed by atoms with E-state index >= 15 is 0 Å². The van der Waals surface area contributed by atoms with Crippen molar-refractivity contribution in [1.82, 2.24) is 19.8 Å². The number of anilines is 3. The largest absolute Gasteiger partial charge is 0.379 e. The number of fused-ring (bicyclic) bond motifs is 1. The van der Waals surface area contributed by atoms with Crippen molar-refractivity contribution in [3.63, 3.8) is 0 Å². The number of carbonyl (C=O) groups is 2. The molecule has 42 heavy (non-hydrogen) atoms. The number of rotatable bonds is 9. The molecule has 9 nitrogen and oxygen atoms in total. The summed E-state index contributed by atoms with van der Waals surface area (Å²) in [4.78, 5) is 39.1. The Balaban J connectivity index is 1.28. The molecule has 2 amide bonds. The highest BCUT2D eigenvalue weighted by molar-refractivity contribution is 6.06. The zero-order chi connectivity index (χ0) is 28.9. The molecule has 1 fully saturated rings. The number of carbonyl (C=O) groups excluding carboxylic acids is 2. The molecule has 9 heteroatoms. The van der Waals surface area contributed by atoms with Gasteiger partial charge in [-0.1, -0.05) is 48.5 Å². The number of benzene rings is 2. The number of amides is 2. The highest BCUT2D eigenvalue weighted by atomic mass is 16.5. The molecule has 2 aliphatic rings. The summed E-state index contributed by atoms with van der Waals surface area (Å²) in [6.07, 6.45) is 3.12. The van der Waals surface area contributed by atoms with Gasteiger partial charge in [-0.25, -0.2) is 4.98 Å². The normalized spacial score (nSPS) is 16.1. The number of pyridine rings is 1. The van der Waals surface area contributed by atoms with E-state index in [1.165, 1.54) is 0 Å². The second kappa shape index (κ2) is 12.6. The molecule has 0 spiro atoms. The summed E-state index contributed by atoms with van der Waals surface area (Å²) in [6, 6.07) is 23.5. The Morgan fingerprint density at radius 1 is 1.02 bits per heavy atom. The Bertz CT molecular complexity index is 1530. The third kappa shape index (κ3) is 6.07. The van der Waals surface area contributed by atoms with Crippen molar-refractivity contribution in [2.75, 3.05) is 57.1 Å². The predicted molar refractivity (Wildman–Crippen MR) is 164 cm³/mol. The lowest BCUT2D eigenvalue weighted by Crippen LogP contribution is -2.38. The standard InChI is InChI=1S/C33H36N6O3/c1-38-16-14-27-29(33(38)41)31(35-25-10-6-3-7-11-25)30(36-27)24-12-15-34-28(22-24)37-32(40)26(23-8-4-2-5-9-23)13-17-39-18-20-42-21-19-39/h2-12,15,22,26,35-36H,13-14,16-21H2,1H3,(H,34,37,40). The average Bonchev–Trinajstić information content (AvgIpc) is 3.39. The SMILES string of the molecule is CN1CCc2[nH]c(-c3ccnc(NC(=O)C(CCN4CCOCC4)c4ccccc4)c3)c(Nc3ccccc3)c2C1=O. The minimum absolute atomic E-state index is 0.0225. The number of nitrogens with zero attached hydrogens (tertiary/aromatic N) is 3. The third-order valence-corrected chi connectivity index (χ3v) is 8.03. The van der Waals surface area contributed by atoms with Crippen LogP contribution in [-0.2, 0) is 16.0 Å². The maximum absolute atomic E-state index is 13.7. The van der Waals surface area contributed by atoms with Crippen molar-refractivity contribution in [1.29, 1.82) is 0 Å². The zero-order valence-corrected chi connectivity index (χ0v) is 23.8. The van der Waals surface area contributed by atoms with E-state index < -0.39 is 0 Å². The van der Waals surface area contributed by atoms with Crippen LogP contribution in [0.2, 0.25) is 0 Å². The maximum Gasteiger partial charge on any atom is 0.257 e. The van der Waals surface area contributed by atoms with Crippen molar-refractivity contribution >= 4 is 29.0 Å². The average molecular weight is 565 g/mol. The number of morpholine rings is 1. The van der Waals surface area contributed by atoms with E-state index in [1.54, 1.807) is 11.1 Å². The second-order valence-corrected chi connectivity index (χ2v) is 10.8. The predicted octanol–water partition coefficient (Wildman–Crippen LogP) is 4.89. The number of para-hydroxylation sites is 1. The summed E-state index contributed by atoms with van der Waals surface area (Å²) in [5, 5.41) is 6.56. The number of H-pyrrole nitrogens is 1. The highest BCUT2D eigenvalue weighted by Gasteiger charge is 2.30. The molecule has 0 bridgehead atoms. The van der Waals surface area contributed by atoms with Crippen molar-refractivity contribution in [3.05, 3.63) is 95.8 Å². The second-order valence-electron chi connectivity index (χ2n) is 10.8. The first kappa shape index (κ1) is 27.7. The zero-order valence-electron chi connectivity index (χ0n) is 23.8. The quantitative estimate of drug-likeness (QED) is 0.268. The number of likely N-dealkylation sites (N-methyl/N-ethyl adjacent to an activating group) is 1.